The van der Waals surface area contributed by atoms with E-state index in [1.54, 1.807) is 24.1 Å². The van der Waals surface area contributed by atoms with Crippen molar-refractivity contribution in [2.75, 3.05) is 0 Å². The lowest BCUT2D eigenvalue weighted by molar-refractivity contribution is 0.0674. The molecule has 1 aromatic carbocycles. The number of halogens is 1. The van der Waals surface area contributed by atoms with Gasteiger partial charge in [0.2, 0.25) is 0 Å². The molecule has 2 N–H and O–H groups in total. The molecule has 0 bridgehead atoms. The van der Waals surface area contributed by atoms with Crippen LogP contribution in [0.2, 0.25) is 0 Å². The fraction of sp³-hybridized carbons (Fsp3) is 0.438. The SMILES string of the molecule is Cn1cnc(CNC(=O)N[C@H]2CC(C)(C)Oc3cc(F)ccc32)n1. The molecule has 3 rings (SSSR count). The lowest BCUT2D eigenvalue weighted by Crippen LogP contribution is -2.44. The zero-order chi connectivity index (χ0) is 17.3. The number of carbonyl (C=O) groups excluding carboxylic acids is 1. The Hall–Kier alpha value is -2.64. The van der Waals surface area contributed by atoms with Crippen LogP contribution >= 0.6 is 0 Å². The maximum atomic E-state index is 13.5. The largest absolute Gasteiger partial charge is 0.487 e. The van der Waals surface area contributed by atoms with Crippen LogP contribution in [0.4, 0.5) is 9.18 Å². The first-order valence-electron chi connectivity index (χ1n) is 7.70. The Morgan fingerprint density at radius 3 is 3.00 bits per heavy atom. The van der Waals surface area contributed by atoms with Crippen molar-refractivity contribution in [2.45, 2.75) is 38.5 Å². The second kappa shape index (κ2) is 6.10. The quantitative estimate of drug-likeness (QED) is 0.901. The van der Waals surface area contributed by atoms with E-state index in [0.717, 1.165) is 5.56 Å². The van der Waals surface area contributed by atoms with Gasteiger partial charge in [0.1, 0.15) is 23.5 Å². The highest BCUT2D eigenvalue weighted by molar-refractivity contribution is 5.74. The van der Waals surface area contributed by atoms with Gasteiger partial charge in [0, 0.05) is 25.1 Å². The Morgan fingerprint density at radius 1 is 1.50 bits per heavy atom. The summed E-state index contributed by atoms with van der Waals surface area (Å²) in [6.07, 6.45) is 2.15. The topological polar surface area (TPSA) is 81.1 Å². The van der Waals surface area contributed by atoms with Crippen molar-refractivity contribution in [3.63, 3.8) is 0 Å². The third-order valence-corrected chi connectivity index (χ3v) is 3.79. The number of urea groups is 1. The summed E-state index contributed by atoms with van der Waals surface area (Å²) in [5.74, 6) is 0.626. The Labute approximate surface area is 139 Å². The Kier molecular flexibility index (Phi) is 4.13. The third kappa shape index (κ3) is 3.64. The number of nitrogens with one attached hydrogen (secondary N) is 2. The van der Waals surface area contributed by atoms with E-state index < -0.39 is 5.60 Å². The molecule has 0 radical (unpaired) electrons. The molecule has 0 fully saturated rings. The smallest absolute Gasteiger partial charge is 0.315 e. The highest BCUT2D eigenvalue weighted by Gasteiger charge is 2.34. The zero-order valence-corrected chi connectivity index (χ0v) is 13.8. The van der Waals surface area contributed by atoms with Crippen molar-refractivity contribution in [3.05, 3.63) is 41.7 Å². The molecule has 7 nitrogen and oxygen atoms in total. The van der Waals surface area contributed by atoms with Gasteiger partial charge in [-0.2, -0.15) is 5.10 Å². The van der Waals surface area contributed by atoms with Crippen LogP contribution in [0.5, 0.6) is 5.75 Å². The molecular weight excluding hydrogens is 313 g/mol. The molecule has 1 atom stereocenters. The summed E-state index contributed by atoms with van der Waals surface area (Å²) in [6.45, 7) is 4.05. The van der Waals surface area contributed by atoms with Gasteiger partial charge >= 0.3 is 6.03 Å². The van der Waals surface area contributed by atoms with E-state index in [1.807, 2.05) is 13.8 Å². The molecule has 2 amide bonds. The van der Waals surface area contributed by atoms with E-state index in [4.69, 9.17) is 4.74 Å². The molecule has 0 aliphatic carbocycles. The van der Waals surface area contributed by atoms with Gasteiger partial charge in [-0.1, -0.05) is 6.07 Å². The number of rotatable bonds is 3. The molecule has 24 heavy (non-hydrogen) atoms. The van der Waals surface area contributed by atoms with Crippen LogP contribution < -0.4 is 15.4 Å². The van der Waals surface area contributed by atoms with Gasteiger partial charge in [-0.25, -0.2) is 14.2 Å². The molecule has 128 valence electrons. The van der Waals surface area contributed by atoms with Gasteiger partial charge < -0.3 is 15.4 Å². The van der Waals surface area contributed by atoms with Crippen molar-refractivity contribution >= 4 is 6.03 Å². The number of carbonyl (C=O) groups is 1. The van der Waals surface area contributed by atoms with Crippen molar-refractivity contribution in [1.29, 1.82) is 0 Å². The van der Waals surface area contributed by atoms with Crippen LogP contribution in [-0.4, -0.2) is 26.4 Å². The molecule has 2 aromatic rings. The standard InChI is InChI=1S/C16H20FN5O2/c1-16(2)7-12(11-5-4-10(17)6-13(11)24-16)20-15(23)18-8-14-19-9-22(3)21-14/h4-6,9,12H,7-8H2,1-3H3,(H2,18,20,23)/t12-/m0/s1. The Morgan fingerprint density at radius 2 is 2.29 bits per heavy atom. The number of ether oxygens (including phenoxy) is 1. The van der Waals surface area contributed by atoms with Crippen LogP contribution in [0.15, 0.2) is 24.5 Å². The number of benzene rings is 1. The van der Waals surface area contributed by atoms with E-state index in [9.17, 15) is 9.18 Å². The second-order valence-electron chi connectivity index (χ2n) is 6.46. The molecule has 0 spiro atoms. The molecule has 1 aliphatic heterocycles. The van der Waals surface area contributed by atoms with Gasteiger partial charge in [0.15, 0.2) is 5.82 Å². The predicted molar refractivity (Wildman–Crippen MR) is 84.8 cm³/mol. The van der Waals surface area contributed by atoms with E-state index in [2.05, 4.69) is 20.7 Å². The van der Waals surface area contributed by atoms with Gasteiger partial charge in [0.25, 0.3) is 0 Å². The van der Waals surface area contributed by atoms with Crippen LogP contribution in [0.3, 0.4) is 0 Å². The molecule has 0 saturated carbocycles. The molecule has 1 aromatic heterocycles. The summed E-state index contributed by atoms with van der Waals surface area (Å²) in [6, 6.07) is 3.76. The summed E-state index contributed by atoms with van der Waals surface area (Å²) < 4.78 is 20.8. The Balaban J connectivity index is 1.68. The zero-order valence-electron chi connectivity index (χ0n) is 13.8. The first-order valence-corrected chi connectivity index (χ1v) is 7.70. The maximum absolute atomic E-state index is 13.5. The van der Waals surface area contributed by atoms with Gasteiger partial charge in [0.05, 0.1) is 12.6 Å². The van der Waals surface area contributed by atoms with Crippen molar-refractivity contribution < 1.29 is 13.9 Å². The van der Waals surface area contributed by atoms with Crippen molar-refractivity contribution in [3.8, 4) is 5.75 Å². The third-order valence-electron chi connectivity index (χ3n) is 3.79. The highest BCUT2D eigenvalue weighted by Crippen LogP contribution is 2.39. The number of hydrogen-bond acceptors (Lipinski definition) is 4. The summed E-state index contributed by atoms with van der Waals surface area (Å²) >= 11 is 0. The molecular formula is C16H20FN5O2. The highest BCUT2D eigenvalue weighted by atomic mass is 19.1. The summed E-state index contributed by atoms with van der Waals surface area (Å²) in [5, 5.41) is 9.74. The van der Waals surface area contributed by atoms with Crippen molar-refractivity contribution in [2.24, 2.45) is 7.05 Å². The first-order chi connectivity index (χ1) is 11.3. The summed E-state index contributed by atoms with van der Waals surface area (Å²) in [4.78, 5) is 16.2. The second-order valence-corrected chi connectivity index (χ2v) is 6.46. The average Bonchev–Trinajstić information content (AvgIpc) is 2.89. The van der Waals surface area contributed by atoms with E-state index in [-0.39, 0.29) is 24.4 Å². The number of hydrogen-bond donors (Lipinski definition) is 2. The van der Waals surface area contributed by atoms with Crippen LogP contribution in [0, 0.1) is 5.82 Å². The van der Waals surface area contributed by atoms with Gasteiger partial charge in [-0.05, 0) is 19.9 Å². The molecule has 8 heteroatoms. The molecule has 0 saturated heterocycles. The number of fused-ring (bicyclic) bond motifs is 1. The van der Waals surface area contributed by atoms with Crippen LogP contribution in [-0.2, 0) is 13.6 Å². The lowest BCUT2D eigenvalue weighted by Gasteiger charge is -2.37. The van der Waals surface area contributed by atoms with E-state index in [0.29, 0.717) is 18.0 Å². The minimum atomic E-state index is -0.499. The van der Waals surface area contributed by atoms with Gasteiger partial charge in [-0.15, -0.1) is 0 Å². The molecule has 2 heterocycles. The van der Waals surface area contributed by atoms with Crippen molar-refractivity contribution in [1.82, 2.24) is 25.4 Å². The number of aryl methyl sites for hydroxylation is 1. The van der Waals surface area contributed by atoms with E-state index in [1.165, 1.54) is 12.1 Å². The first kappa shape index (κ1) is 16.2. The average molecular weight is 333 g/mol. The summed E-state index contributed by atoms with van der Waals surface area (Å²) in [5.41, 5.74) is 0.267. The minimum Gasteiger partial charge on any atom is -0.487 e. The predicted octanol–water partition coefficient (Wildman–Crippen LogP) is 2.06. The Bertz CT molecular complexity index is 759. The normalized spacial score (nSPS) is 18.4. The lowest BCUT2D eigenvalue weighted by atomic mass is 9.90. The number of nitrogens with zero attached hydrogens (tertiary/aromatic N) is 3. The number of aromatic nitrogens is 3. The van der Waals surface area contributed by atoms with E-state index >= 15 is 0 Å². The molecule has 1 aliphatic rings. The number of amides is 2. The summed E-state index contributed by atoms with van der Waals surface area (Å²) in [7, 11) is 1.76. The minimum absolute atomic E-state index is 0.232. The van der Waals surface area contributed by atoms with Crippen LogP contribution in [0.1, 0.15) is 37.7 Å². The maximum Gasteiger partial charge on any atom is 0.315 e. The van der Waals surface area contributed by atoms with Crippen LogP contribution in [0.25, 0.3) is 0 Å². The van der Waals surface area contributed by atoms with Gasteiger partial charge in [-0.3, -0.25) is 4.68 Å². The fourth-order valence-corrected chi connectivity index (χ4v) is 2.79. The monoisotopic (exact) mass is 333 g/mol. The fourth-order valence-electron chi connectivity index (χ4n) is 2.79. The molecule has 0 unspecified atom stereocenters.